The second-order valence-corrected chi connectivity index (χ2v) is 3.78. The summed E-state index contributed by atoms with van der Waals surface area (Å²) < 4.78 is 0. The molecule has 1 unspecified atom stereocenters. The summed E-state index contributed by atoms with van der Waals surface area (Å²) in [6.45, 7) is 4.04. The van der Waals surface area contributed by atoms with Crippen LogP contribution in [-0.2, 0) is 4.79 Å². The van der Waals surface area contributed by atoms with Gasteiger partial charge in [0.15, 0.2) is 0 Å². The molecule has 0 aromatic heterocycles. The first-order valence-electron chi connectivity index (χ1n) is 3.86. The Bertz CT molecular complexity index is 101. The van der Waals surface area contributed by atoms with Crippen LogP contribution in [0.4, 0.5) is 0 Å². The molecular weight excluding hydrogens is 192 g/mol. The molecule has 0 spiro atoms. The predicted octanol–water partition coefficient (Wildman–Crippen LogP) is 2.92. The molecule has 0 aromatic carbocycles. The first kappa shape index (κ1) is 10.2. The van der Waals surface area contributed by atoms with Crippen molar-refractivity contribution in [2.24, 2.45) is 0 Å². The SMILES string of the molecule is CCCC(Br)CC(=O)CC. The lowest BCUT2D eigenvalue weighted by Gasteiger charge is -2.04. The van der Waals surface area contributed by atoms with Gasteiger partial charge in [0, 0.05) is 17.7 Å². The van der Waals surface area contributed by atoms with Crippen LogP contribution < -0.4 is 0 Å². The molecule has 0 N–H and O–H groups in total. The van der Waals surface area contributed by atoms with Gasteiger partial charge >= 0.3 is 0 Å². The first-order valence-corrected chi connectivity index (χ1v) is 4.78. The van der Waals surface area contributed by atoms with Gasteiger partial charge < -0.3 is 0 Å². The van der Waals surface area contributed by atoms with E-state index in [0.717, 1.165) is 12.8 Å². The van der Waals surface area contributed by atoms with Crippen LogP contribution in [-0.4, -0.2) is 10.6 Å². The van der Waals surface area contributed by atoms with Crippen LogP contribution in [0.15, 0.2) is 0 Å². The smallest absolute Gasteiger partial charge is 0.133 e. The number of Topliss-reactive ketones (excluding diaryl/α,β-unsaturated/α-hetero) is 1. The Morgan fingerprint density at radius 3 is 2.50 bits per heavy atom. The molecule has 0 heterocycles. The van der Waals surface area contributed by atoms with Crippen molar-refractivity contribution >= 4 is 21.7 Å². The number of hydrogen-bond donors (Lipinski definition) is 0. The molecule has 0 radical (unpaired) electrons. The summed E-state index contributed by atoms with van der Waals surface area (Å²) >= 11 is 3.46. The van der Waals surface area contributed by atoms with E-state index in [-0.39, 0.29) is 0 Å². The molecule has 0 aliphatic rings. The van der Waals surface area contributed by atoms with Gasteiger partial charge in [0.05, 0.1) is 0 Å². The molecule has 0 aliphatic carbocycles. The minimum atomic E-state index is 0.357. The molecule has 1 atom stereocenters. The first-order chi connectivity index (χ1) is 4.70. The fraction of sp³-hybridized carbons (Fsp3) is 0.875. The number of hydrogen-bond acceptors (Lipinski definition) is 1. The normalized spacial score (nSPS) is 13.1. The molecule has 0 rings (SSSR count). The molecule has 0 saturated carbocycles. The Kier molecular flexibility index (Phi) is 5.99. The molecule has 2 heteroatoms. The Morgan fingerprint density at radius 1 is 1.50 bits per heavy atom. The van der Waals surface area contributed by atoms with Gasteiger partial charge in [0.1, 0.15) is 5.78 Å². The molecule has 1 nitrogen and oxygen atoms in total. The topological polar surface area (TPSA) is 17.1 Å². The zero-order valence-corrected chi connectivity index (χ0v) is 8.28. The lowest BCUT2D eigenvalue weighted by Crippen LogP contribution is -2.05. The van der Waals surface area contributed by atoms with E-state index in [0.29, 0.717) is 23.5 Å². The molecule has 10 heavy (non-hydrogen) atoms. The third kappa shape index (κ3) is 4.98. The zero-order chi connectivity index (χ0) is 7.98. The summed E-state index contributed by atoms with van der Waals surface area (Å²) in [6.07, 6.45) is 3.62. The summed E-state index contributed by atoms with van der Waals surface area (Å²) in [7, 11) is 0. The van der Waals surface area contributed by atoms with Gasteiger partial charge in [-0.25, -0.2) is 0 Å². The Balaban J connectivity index is 3.37. The maximum atomic E-state index is 10.9. The van der Waals surface area contributed by atoms with Crippen molar-refractivity contribution in [1.29, 1.82) is 0 Å². The van der Waals surface area contributed by atoms with Gasteiger partial charge in [-0.3, -0.25) is 4.79 Å². The van der Waals surface area contributed by atoms with E-state index in [4.69, 9.17) is 0 Å². The summed E-state index contributed by atoms with van der Waals surface area (Å²) in [4.78, 5) is 11.3. The number of halogens is 1. The minimum absolute atomic E-state index is 0.357. The molecule has 60 valence electrons. The Morgan fingerprint density at radius 2 is 2.10 bits per heavy atom. The molecule has 0 bridgehead atoms. The van der Waals surface area contributed by atoms with Crippen molar-refractivity contribution in [3.63, 3.8) is 0 Å². The van der Waals surface area contributed by atoms with E-state index >= 15 is 0 Å². The van der Waals surface area contributed by atoms with Gasteiger partial charge in [-0.2, -0.15) is 0 Å². The van der Waals surface area contributed by atoms with E-state index in [1.807, 2.05) is 6.92 Å². The van der Waals surface area contributed by atoms with E-state index in [1.54, 1.807) is 0 Å². The van der Waals surface area contributed by atoms with Crippen molar-refractivity contribution in [3.05, 3.63) is 0 Å². The zero-order valence-electron chi connectivity index (χ0n) is 6.69. The van der Waals surface area contributed by atoms with E-state index < -0.39 is 0 Å². The molecule has 0 aromatic rings. The number of ketones is 1. The van der Waals surface area contributed by atoms with Crippen LogP contribution in [0.1, 0.15) is 39.5 Å². The number of rotatable bonds is 5. The van der Waals surface area contributed by atoms with Crippen LogP contribution in [0.3, 0.4) is 0 Å². The van der Waals surface area contributed by atoms with Crippen LogP contribution in [0.25, 0.3) is 0 Å². The highest BCUT2D eigenvalue weighted by Crippen LogP contribution is 2.12. The van der Waals surface area contributed by atoms with Crippen molar-refractivity contribution < 1.29 is 4.79 Å². The van der Waals surface area contributed by atoms with Gasteiger partial charge in [-0.05, 0) is 6.42 Å². The number of alkyl halides is 1. The van der Waals surface area contributed by atoms with Gasteiger partial charge in [0.2, 0.25) is 0 Å². The van der Waals surface area contributed by atoms with Crippen molar-refractivity contribution in [2.75, 3.05) is 0 Å². The molecule has 0 amide bonds. The molecular formula is C8H15BrO. The maximum Gasteiger partial charge on any atom is 0.133 e. The highest BCUT2D eigenvalue weighted by molar-refractivity contribution is 9.09. The van der Waals surface area contributed by atoms with Crippen LogP contribution in [0.5, 0.6) is 0 Å². The summed E-state index contributed by atoms with van der Waals surface area (Å²) in [5, 5.41) is 0. The monoisotopic (exact) mass is 206 g/mol. The van der Waals surface area contributed by atoms with Crippen LogP contribution >= 0.6 is 15.9 Å². The highest BCUT2D eigenvalue weighted by atomic mass is 79.9. The van der Waals surface area contributed by atoms with Gasteiger partial charge in [0.25, 0.3) is 0 Å². The predicted molar refractivity (Wildman–Crippen MR) is 47.5 cm³/mol. The maximum absolute atomic E-state index is 10.9. The summed E-state index contributed by atoms with van der Waals surface area (Å²) in [5.74, 6) is 0.357. The van der Waals surface area contributed by atoms with Crippen LogP contribution in [0, 0.1) is 0 Å². The highest BCUT2D eigenvalue weighted by Gasteiger charge is 2.06. The lowest BCUT2D eigenvalue weighted by atomic mass is 10.1. The molecule has 0 fully saturated rings. The standard InChI is InChI=1S/C8H15BrO/c1-3-5-7(9)6-8(10)4-2/h7H,3-6H2,1-2H3. The van der Waals surface area contributed by atoms with Crippen molar-refractivity contribution in [1.82, 2.24) is 0 Å². The third-order valence-electron chi connectivity index (χ3n) is 1.45. The van der Waals surface area contributed by atoms with Gasteiger partial charge in [-0.1, -0.05) is 36.2 Å². The molecule has 0 saturated heterocycles. The average Bonchev–Trinajstić information content (AvgIpc) is 1.88. The quantitative estimate of drug-likeness (QED) is 0.633. The van der Waals surface area contributed by atoms with E-state index in [2.05, 4.69) is 22.9 Å². The van der Waals surface area contributed by atoms with E-state index in [1.165, 1.54) is 0 Å². The summed E-state index contributed by atoms with van der Waals surface area (Å²) in [5.41, 5.74) is 0. The fourth-order valence-corrected chi connectivity index (χ4v) is 1.63. The second kappa shape index (κ2) is 5.90. The Labute approximate surface area is 71.3 Å². The van der Waals surface area contributed by atoms with E-state index in [9.17, 15) is 4.79 Å². The molecule has 0 aliphatic heterocycles. The Hall–Kier alpha value is 0.150. The van der Waals surface area contributed by atoms with Crippen molar-refractivity contribution in [2.45, 2.75) is 44.4 Å². The second-order valence-electron chi connectivity index (χ2n) is 2.48. The average molecular weight is 207 g/mol. The third-order valence-corrected chi connectivity index (χ3v) is 2.23. The van der Waals surface area contributed by atoms with Crippen LogP contribution in [0.2, 0.25) is 0 Å². The fourth-order valence-electron chi connectivity index (χ4n) is 0.807. The summed E-state index contributed by atoms with van der Waals surface area (Å²) in [6, 6.07) is 0. The van der Waals surface area contributed by atoms with Crippen molar-refractivity contribution in [3.8, 4) is 0 Å². The largest absolute Gasteiger partial charge is 0.300 e. The lowest BCUT2D eigenvalue weighted by molar-refractivity contribution is -0.118. The minimum Gasteiger partial charge on any atom is -0.300 e. The number of carbonyl (C=O) groups excluding carboxylic acids is 1. The number of carbonyl (C=O) groups is 1. The van der Waals surface area contributed by atoms with Gasteiger partial charge in [-0.15, -0.1) is 0 Å².